The van der Waals surface area contributed by atoms with Gasteiger partial charge in [-0.25, -0.2) is 0 Å². The van der Waals surface area contributed by atoms with Crippen molar-refractivity contribution in [1.29, 1.82) is 0 Å². The molecule has 1 aliphatic heterocycles. The normalized spacial score (nSPS) is 21.5. The molecule has 5 heteroatoms. The molecule has 17 heavy (non-hydrogen) atoms. The molecule has 1 atom stereocenters. The molecule has 1 fully saturated rings. The second-order valence-electron chi connectivity index (χ2n) is 6.05. The van der Waals surface area contributed by atoms with E-state index < -0.39 is 12.2 Å². The maximum absolute atomic E-state index is 12.9. The predicted octanol–water partition coefficient (Wildman–Crippen LogP) is 2.70. The minimum absolute atomic E-state index is 0.00905. The summed E-state index contributed by atoms with van der Waals surface area (Å²) in [5, 5.41) is 5.94. The van der Waals surface area contributed by atoms with Crippen LogP contribution in [0.25, 0.3) is 0 Å². The first-order chi connectivity index (χ1) is 7.68. The highest BCUT2D eigenvalue weighted by molar-refractivity contribution is 4.85. The van der Waals surface area contributed by atoms with E-state index in [1.54, 1.807) is 0 Å². The molecule has 1 unspecified atom stereocenters. The Kier molecular flexibility index (Phi) is 4.84. The van der Waals surface area contributed by atoms with Crippen molar-refractivity contribution in [3.05, 3.63) is 0 Å². The summed E-state index contributed by atoms with van der Waals surface area (Å²) in [6.45, 7) is 7.14. The van der Waals surface area contributed by atoms with Crippen LogP contribution in [0, 0.1) is 5.41 Å². The average molecular weight is 252 g/mol. The zero-order valence-corrected chi connectivity index (χ0v) is 10.8. The maximum Gasteiger partial charge on any atom is 0.403 e. The standard InChI is InChI=1S/C12H23F3N2/c1-11(2,3)8-10(12(13,14)15)17-9-4-6-16-7-5-9/h9-10,16-17H,4-8H2,1-3H3. The fourth-order valence-electron chi connectivity index (χ4n) is 2.15. The van der Waals surface area contributed by atoms with Crippen LogP contribution in [0.1, 0.15) is 40.0 Å². The second kappa shape index (κ2) is 5.57. The van der Waals surface area contributed by atoms with Crippen molar-refractivity contribution >= 4 is 0 Å². The van der Waals surface area contributed by atoms with Crippen molar-refractivity contribution in [3.63, 3.8) is 0 Å². The monoisotopic (exact) mass is 252 g/mol. The number of nitrogens with one attached hydrogen (secondary N) is 2. The summed E-state index contributed by atoms with van der Waals surface area (Å²) in [6.07, 6.45) is -2.48. The molecule has 1 heterocycles. The van der Waals surface area contributed by atoms with Crippen molar-refractivity contribution < 1.29 is 13.2 Å². The lowest BCUT2D eigenvalue weighted by Gasteiger charge is -2.33. The van der Waals surface area contributed by atoms with E-state index in [2.05, 4.69) is 10.6 Å². The van der Waals surface area contributed by atoms with Gasteiger partial charge in [0.2, 0.25) is 0 Å². The van der Waals surface area contributed by atoms with Crippen molar-refractivity contribution in [2.45, 2.75) is 58.3 Å². The van der Waals surface area contributed by atoms with E-state index in [4.69, 9.17) is 0 Å². The van der Waals surface area contributed by atoms with Crippen LogP contribution in [-0.4, -0.2) is 31.3 Å². The first kappa shape index (κ1) is 14.8. The zero-order valence-electron chi connectivity index (χ0n) is 10.8. The Morgan fingerprint density at radius 3 is 2.12 bits per heavy atom. The molecule has 1 aliphatic rings. The lowest BCUT2D eigenvalue weighted by atomic mass is 9.87. The van der Waals surface area contributed by atoms with Gasteiger partial charge >= 0.3 is 6.18 Å². The van der Waals surface area contributed by atoms with Gasteiger partial charge in [0, 0.05) is 6.04 Å². The summed E-state index contributed by atoms with van der Waals surface area (Å²) in [5.74, 6) is 0. The highest BCUT2D eigenvalue weighted by atomic mass is 19.4. The Hall–Kier alpha value is -0.290. The lowest BCUT2D eigenvalue weighted by Crippen LogP contribution is -2.51. The summed E-state index contributed by atoms with van der Waals surface area (Å²) < 4.78 is 38.8. The molecule has 2 nitrogen and oxygen atoms in total. The van der Waals surface area contributed by atoms with Crippen LogP contribution < -0.4 is 10.6 Å². The lowest BCUT2D eigenvalue weighted by molar-refractivity contribution is -0.164. The minimum Gasteiger partial charge on any atom is -0.317 e. The molecule has 0 aliphatic carbocycles. The van der Waals surface area contributed by atoms with E-state index in [0.29, 0.717) is 0 Å². The molecule has 0 aromatic rings. The van der Waals surface area contributed by atoms with Gasteiger partial charge in [-0.2, -0.15) is 13.2 Å². The highest BCUT2D eigenvalue weighted by Gasteiger charge is 2.42. The molecule has 0 bridgehead atoms. The molecule has 0 saturated carbocycles. The van der Waals surface area contributed by atoms with Gasteiger partial charge in [0.25, 0.3) is 0 Å². The third-order valence-corrected chi connectivity index (χ3v) is 2.99. The molecule has 1 saturated heterocycles. The van der Waals surface area contributed by atoms with Crippen molar-refractivity contribution in [2.75, 3.05) is 13.1 Å². The number of alkyl halides is 3. The smallest absolute Gasteiger partial charge is 0.317 e. The SMILES string of the molecule is CC(C)(C)CC(NC1CCNCC1)C(F)(F)F. The van der Waals surface area contributed by atoms with Gasteiger partial charge in [-0.1, -0.05) is 20.8 Å². The first-order valence-corrected chi connectivity index (χ1v) is 6.22. The molecule has 102 valence electrons. The number of hydrogen-bond donors (Lipinski definition) is 2. The number of halogens is 3. The predicted molar refractivity (Wildman–Crippen MR) is 62.9 cm³/mol. The van der Waals surface area contributed by atoms with E-state index in [-0.39, 0.29) is 17.9 Å². The van der Waals surface area contributed by atoms with E-state index in [0.717, 1.165) is 25.9 Å². The summed E-state index contributed by atoms with van der Waals surface area (Å²) in [5.41, 5.74) is -0.319. The van der Waals surface area contributed by atoms with Gasteiger partial charge < -0.3 is 10.6 Å². The Morgan fingerprint density at radius 2 is 1.71 bits per heavy atom. The average Bonchev–Trinajstić information content (AvgIpc) is 2.15. The van der Waals surface area contributed by atoms with Gasteiger partial charge in [-0.3, -0.25) is 0 Å². The van der Waals surface area contributed by atoms with E-state index in [1.807, 2.05) is 20.8 Å². The molecule has 0 aromatic carbocycles. The molecule has 0 spiro atoms. The Labute approximate surface area is 101 Å². The van der Waals surface area contributed by atoms with Crippen LogP contribution in [0.3, 0.4) is 0 Å². The Morgan fingerprint density at radius 1 is 1.18 bits per heavy atom. The molecule has 0 radical (unpaired) electrons. The van der Waals surface area contributed by atoms with Gasteiger partial charge in [0.05, 0.1) is 0 Å². The highest BCUT2D eigenvalue weighted by Crippen LogP contribution is 2.31. The second-order valence-corrected chi connectivity index (χ2v) is 6.05. The first-order valence-electron chi connectivity index (χ1n) is 6.22. The van der Waals surface area contributed by atoms with Crippen LogP contribution >= 0.6 is 0 Å². The molecule has 2 N–H and O–H groups in total. The van der Waals surface area contributed by atoms with Gasteiger partial charge in [0.1, 0.15) is 6.04 Å². The number of rotatable bonds is 3. The quantitative estimate of drug-likeness (QED) is 0.807. The van der Waals surface area contributed by atoms with Gasteiger partial charge in [-0.05, 0) is 37.8 Å². The van der Waals surface area contributed by atoms with Crippen molar-refractivity contribution in [3.8, 4) is 0 Å². The summed E-state index contributed by atoms with van der Waals surface area (Å²) in [6, 6.07) is -1.39. The number of piperidine rings is 1. The molecule has 0 amide bonds. The van der Waals surface area contributed by atoms with Crippen LogP contribution in [0.15, 0.2) is 0 Å². The minimum atomic E-state index is -4.15. The Bertz CT molecular complexity index is 227. The molecule has 1 rings (SSSR count). The summed E-state index contributed by atoms with van der Waals surface area (Å²) in [4.78, 5) is 0. The number of hydrogen-bond acceptors (Lipinski definition) is 2. The topological polar surface area (TPSA) is 24.1 Å². The largest absolute Gasteiger partial charge is 0.403 e. The summed E-state index contributed by atoms with van der Waals surface area (Å²) in [7, 11) is 0. The molecular weight excluding hydrogens is 229 g/mol. The van der Waals surface area contributed by atoms with Crippen LogP contribution in [0.2, 0.25) is 0 Å². The molecule has 0 aromatic heterocycles. The van der Waals surface area contributed by atoms with Gasteiger partial charge in [-0.15, -0.1) is 0 Å². The van der Waals surface area contributed by atoms with Gasteiger partial charge in [0.15, 0.2) is 0 Å². The fraction of sp³-hybridized carbons (Fsp3) is 1.00. The maximum atomic E-state index is 12.9. The van der Waals surface area contributed by atoms with E-state index >= 15 is 0 Å². The fourth-order valence-corrected chi connectivity index (χ4v) is 2.15. The third kappa shape index (κ3) is 5.73. The van der Waals surface area contributed by atoms with Crippen molar-refractivity contribution in [2.24, 2.45) is 5.41 Å². The third-order valence-electron chi connectivity index (χ3n) is 2.99. The van der Waals surface area contributed by atoms with E-state index in [9.17, 15) is 13.2 Å². The summed E-state index contributed by atoms with van der Waals surface area (Å²) >= 11 is 0. The Balaban J connectivity index is 2.57. The zero-order chi connectivity index (χ0) is 13.1. The van der Waals surface area contributed by atoms with Crippen LogP contribution in [0.5, 0.6) is 0 Å². The van der Waals surface area contributed by atoms with Crippen LogP contribution in [-0.2, 0) is 0 Å². The van der Waals surface area contributed by atoms with Crippen LogP contribution in [0.4, 0.5) is 13.2 Å². The van der Waals surface area contributed by atoms with Crippen molar-refractivity contribution in [1.82, 2.24) is 10.6 Å². The molecular formula is C12H23F3N2. The van der Waals surface area contributed by atoms with E-state index in [1.165, 1.54) is 0 Å².